The number of methoxy groups -OCH3 is 1. The molecular weight excluding hydrogens is 437 g/mol. The van der Waals surface area contributed by atoms with Crippen LogP contribution in [-0.2, 0) is 38.6 Å². The molecule has 2 aromatic rings. The Kier molecular flexibility index (Phi) is 12.5. The monoisotopic (exact) mass is 475 g/mol. The molecule has 0 saturated carbocycles. The number of carbonyl (C=O) groups excluding carboxylic acids is 1. The summed E-state index contributed by atoms with van der Waals surface area (Å²) in [6.45, 7) is 9.91. The summed E-state index contributed by atoms with van der Waals surface area (Å²) >= 11 is 0. The van der Waals surface area contributed by atoms with Gasteiger partial charge in [0.15, 0.2) is 0 Å². The first-order valence-corrected chi connectivity index (χ1v) is 12.1. The van der Waals surface area contributed by atoms with Crippen LogP contribution in [-0.4, -0.2) is 49.4 Å². The summed E-state index contributed by atoms with van der Waals surface area (Å²) in [6.07, 6.45) is 7.50. The van der Waals surface area contributed by atoms with Gasteiger partial charge in [-0.15, -0.1) is 0 Å². The molecule has 0 spiro atoms. The van der Waals surface area contributed by atoms with Crippen LogP contribution in [0.15, 0.2) is 30.6 Å². The number of aromatic nitrogens is 2. The number of ether oxygens (including phenoxy) is 3. The van der Waals surface area contributed by atoms with Crippen LogP contribution in [0.3, 0.4) is 0 Å². The molecule has 34 heavy (non-hydrogen) atoms. The molecule has 0 bridgehead atoms. The third-order valence-electron chi connectivity index (χ3n) is 5.71. The maximum absolute atomic E-state index is 13.6. The lowest BCUT2D eigenvalue weighted by atomic mass is 9.95. The average Bonchev–Trinajstić information content (AvgIpc) is 2.85. The molecule has 0 atom stereocenters. The van der Waals surface area contributed by atoms with Crippen LogP contribution in [0.2, 0.25) is 0 Å². The van der Waals surface area contributed by atoms with Gasteiger partial charge < -0.3 is 19.1 Å². The summed E-state index contributed by atoms with van der Waals surface area (Å²) in [5, 5.41) is 0. The van der Waals surface area contributed by atoms with Crippen LogP contribution < -0.4 is 4.90 Å². The molecule has 188 valence electrons. The maximum atomic E-state index is 13.6. The number of rotatable bonds is 10. The molecule has 3 rings (SSSR count). The van der Waals surface area contributed by atoms with E-state index in [1.54, 1.807) is 26.2 Å². The Labute approximate surface area is 202 Å². The second kappa shape index (κ2) is 15.3. The molecule has 2 heterocycles. The summed E-state index contributed by atoms with van der Waals surface area (Å²) in [5.41, 5.74) is 2.14. The Hall–Kier alpha value is -2.58. The lowest BCUT2D eigenvalue weighted by Gasteiger charge is -2.31. The van der Waals surface area contributed by atoms with Crippen molar-refractivity contribution in [2.45, 2.75) is 59.7 Å². The van der Waals surface area contributed by atoms with Gasteiger partial charge in [-0.25, -0.2) is 14.4 Å². The average molecular weight is 476 g/mol. The Balaban J connectivity index is 0.000000240. The SMILES string of the molecule is CCC1CCN(c2ncc(COC)cn2)CC1.CCOCc1ccc(CC(=O)OCC)c(F)c1. The van der Waals surface area contributed by atoms with Gasteiger partial charge in [0.1, 0.15) is 5.82 Å². The minimum Gasteiger partial charge on any atom is -0.466 e. The van der Waals surface area contributed by atoms with Crippen molar-refractivity contribution in [1.82, 2.24) is 9.97 Å². The van der Waals surface area contributed by atoms with Gasteiger partial charge >= 0.3 is 5.97 Å². The van der Waals surface area contributed by atoms with Crippen molar-refractivity contribution in [3.05, 3.63) is 53.1 Å². The molecule has 1 aliphatic heterocycles. The first-order chi connectivity index (χ1) is 16.5. The van der Waals surface area contributed by atoms with Crippen molar-refractivity contribution < 1.29 is 23.4 Å². The van der Waals surface area contributed by atoms with E-state index in [1.807, 2.05) is 19.3 Å². The minimum absolute atomic E-state index is 0.0331. The first kappa shape index (κ1) is 27.7. The standard InChI is InChI=1S/C13H17FO3.C13H21N3O/c1-3-16-9-10-5-6-11(12(14)7-10)8-13(15)17-4-2;1-3-11-4-6-16(7-5-11)13-14-8-12(9-15-13)10-17-2/h5-7H,3-4,8-9H2,1-2H3;8-9,11H,3-7,10H2,1-2H3. The molecular formula is C26H38FN3O4. The number of benzene rings is 1. The second-order valence-corrected chi connectivity index (χ2v) is 8.21. The number of nitrogens with zero attached hydrogens (tertiary/aromatic N) is 3. The number of hydrogen-bond acceptors (Lipinski definition) is 7. The lowest BCUT2D eigenvalue weighted by molar-refractivity contribution is -0.142. The summed E-state index contributed by atoms with van der Waals surface area (Å²) in [6, 6.07) is 4.75. The number of esters is 1. The van der Waals surface area contributed by atoms with Crippen molar-refractivity contribution in [1.29, 1.82) is 0 Å². The number of hydrogen-bond donors (Lipinski definition) is 0. The second-order valence-electron chi connectivity index (χ2n) is 8.21. The molecule has 1 aromatic heterocycles. The Morgan fingerprint density at radius 2 is 1.76 bits per heavy atom. The number of anilines is 1. The van der Waals surface area contributed by atoms with Crippen molar-refractivity contribution in [3.8, 4) is 0 Å². The van der Waals surface area contributed by atoms with E-state index in [1.165, 1.54) is 25.3 Å². The zero-order valence-corrected chi connectivity index (χ0v) is 20.9. The van der Waals surface area contributed by atoms with Crippen LogP contribution in [0.5, 0.6) is 0 Å². The van der Waals surface area contributed by atoms with E-state index < -0.39 is 11.8 Å². The van der Waals surface area contributed by atoms with Crippen LogP contribution in [0.1, 0.15) is 56.7 Å². The highest BCUT2D eigenvalue weighted by molar-refractivity contribution is 5.72. The normalized spacial score (nSPS) is 13.9. The van der Waals surface area contributed by atoms with Gasteiger partial charge in [0.05, 0.1) is 26.2 Å². The van der Waals surface area contributed by atoms with E-state index in [4.69, 9.17) is 14.2 Å². The van der Waals surface area contributed by atoms with Crippen LogP contribution in [0, 0.1) is 11.7 Å². The first-order valence-electron chi connectivity index (χ1n) is 12.1. The molecule has 0 radical (unpaired) electrons. The Morgan fingerprint density at radius 1 is 1.06 bits per heavy atom. The molecule has 1 aromatic carbocycles. The van der Waals surface area contributed by atoms with E-state index in [9.17, 15) is 9.18 Å². The molecule has 0 aliphatic carbocycles. The zero-order valence-electron chi connectivity index (χ0n) is 20.9. The predicted molar refractivity (Wildman–Crippen MR) is 130 cm³/mol. The predicted octanol–water partition coefficient (Wildman–Crippen LogP) is 4.72. The van der Waals surface area contributed by atoms with Gasteiger partial charge in [-0.2, -0.15) is 0 Å². The molecule has 0 amide bonds. The van der Waals surface area contributed by atoms with E-state index >= 15 is 0 Å². The topological polar surface area (TPSA) is 73.8 Å². The van der Waals surface area contributed by atoms with Crippen molar-refractivity contribution in [3.63, 3.8) is 0 Å². The van der Waals surface area contributed by atoms with Crippen molar-refractivity contribution in [2.75, 3.05) is 38.3 Å². The van der Waals surface area contributed by atoms with Gasteiger partial charge in [0.2, 0.25) is 5.95 Å². The minimum atomic E-state index is -0.413. The number of carbonyl (C=O) groups is 1. The quantitative estimate of drug-likeness (QED) is 0.461. The Bertz CT molecular complexity index is 856. The van der Waals surface area contributed by atoms with Crippen molar-refractivity contribution >= 4 is 11.9 Å². The molecule has 1 saturated heterocycles. The van der Waals surface area contributed by atoms with Gasteiger partial charge in [0, 0.05) is 44.8 Å². The Morgan fingerprint density at radius 3 is 2.32 bits per heavy atom. The molecule has 1 fully saturated rings. The van der Waals surface area contributed by atoms with Gasteiger partial charge in [-0.05, 0) is 49.8 Å². The maximum Gasteiger partial charge on any atom is 0.310 e. The lowest BCUT2D eigenvalue weighted by Crippen LogP contribution is -2.34. The highest BCUT2D eigenvalue weighted by Crippen LogP contribution is 2.22. The van der Waals surface area contributed by atoms with E-state index in [0.717, 1.165) is 36.1 Å². The molecule has 7 nitrogen and oxygen atoms in total. The third kappa shape index (κ3) is 9.35. The molecule has 0 unspecified atom stereocenters. The summed E-state index contributed by atoms with van der Waals surface area (Å²) < 4.78 is 28.6. The van der Waals surface area contributed by atoms with Gasteiger partial charge in [0.25, 0.3) is 0 Å². The zero-order chi connectivity index (χ0) is 24.8. The van der Waals surface area contributed by atoms with Crippen molar-refractivity contribution in [2.24, 2.45) is 5.92 Å². The van der Waals surface area contributed by atoms with E-state index in [0.29, 0.717) is 32.0 Å². The third-order valence-corrected chi connectivity index (χ3v) is 5.71. The summed E-state index contributed by atoms with van der Waals surface area (Å²) in [7, 11) is 1.68. The fraction of sp³-hybridized carbons (Fsp3) is 0.577. The fourth-order valence-corrected chi connectivity index (χ4v) is 3.71. The van der Waals surface area contributed by atoms with E-state index in [-0.39, 0.29) is 6.42 Å². The number of halogens is 1. The highest BCUT2D eigenvalue weighted by Gasteiger charge is 2.19. The highest BCUT2D eigenvalue weighted by atomic mass is 19.1. The van der Waals surface area contributed by atoms with Crippen LogP contribution in [0.25, 0.3) is 0 Å². The molecule has 0 N–H and O–H groups in total. The van der Waals surface area contributed by atoms with Crippen LogP contribution in [0.4, 0.5) is 10.3 Å². The van der Waals surface area contributed by atoms with Gasteiger partial charge in [-0.1, -0.05) is 25.5 Å². The molecule has 8 heteroatoms. The van der Waals surface area contributed by atoms with Gasteiger partial charge in [-0.3, -0.25) is 4.79 Å². The summed E-state index contributed by atoms with van der Waals surface area (Å²) in [5.74, 6) is 0.942. The van der Waals surface area contributed by atoms with Crippen LogP contribution >= 0.6 is 0 Å². The van der Waals surface area contributed by atoms with E-state index in [2.05, 4.69) is 21.8 Å². The summed E-state index contributed by atoms with van der Waals surface area (Å²) in [4.78, 5) is 22.3. The largest absolute Gasteiger partial charge is 0.466 e. The molecule has 1 aliphatic rings. The smallest absolute Gasteiger partial charge is 0.310 e. The number of piperidine rings is 1. The fourth-order valence-electron chi connectivity index (χ4n) is 3.71.